The van der Waals surface area contributed by atoms with Crippen molar-refractivity contribution in [1.29, 1.82) is 0 Å². The van der Waals surface area contributed by atoms with E-state index in [1.165, 1.54) is 6.07 Å². The Morgan fingerprint density at radius 3 is 2.50 bits per heavy atom. The summed E-state index contributed by atoms with van der Waals surface area (Å²) in [5, 5.41) is 0. The Balaban J connectivity index is 2.04. The number of methoxy groups -OCH3 is 1. The highest BCUT2D eigenvalue weighted by Gasteiger charge is 2.08. The maximum absolute atomic E-state index is 13.6. The van der Waals surface area contributed by atoms with Gasteiger partial charge in [-0.05, 0) is 41.8 Å². The van der Waals surface area contributed by atoms with E-state index >= 15 is 0 Å². The molecule has 2 rings (SSSR count). The van der Waals surface area contributed by atoms with E-state index in [-0.39, 0.29) is 11.7 Å². The molecule has 0 radical (unpaired) electrons. The summed E-state index contributed by atoms with van der Waals surface area (Å²) >= 11 is 0. The van der Waals surface area contributed by atoms with E-state index in [4.69, 9.17) is 9.47 Å². The molecule has 1 aromatic carbocycles. The van der Waals surface area contributed by atoms with Crippen LogP contribution in [-0.4, -0.2) is 12.1 Å². The number of halogens is 1. The molecule has 0 amide bonds. The highest BCUT2D eigenvalue weighted by molar-refractivity contribution is 5.32. The van der Waals surface area contributed by atoms with Crippen LogP contribution in [0.1, 0.15) is 31.0 Å². The lowest BCUT2D eigenvalue weighted by Gasteiger charge is -2.11. The molecule has 0 N–H and O–H groups in total. The zero-order valence-corrected chi connectivity index (χ0v) is 11.9. The van der Waals surface area contributed by atoms with Gasteiger partial charge in [0.2, 0.25) is 0 Å². The maximum atomic E-state index is 13.6. The lowest BCUT2D eigenvalue weighted by atomic mass is 10.0. The van der Waals surface area contributed by atoms with Gasteiger partial charge in [-0.2, -0.15) is 0 Å². The third-order valence-corrected chi connectivity index (χ3v) is 3.01. The van der Waals surface area contributed by atoms with Gasteiger partial charge in [-0.1, -0.05) is 13.8 Å². The van der Waals surface area contributed by atoms with Gasteiger partial charge in [0.1, 0.15) is 23.9 Å². The molecular formula is C16H18FNO2. The SMILES string of the molecule is COc1ccc(COc2ccc(F)c(C(C)C)c2)nc1. The van der Waals surface area contributed by atoms with Crippen LogP contribution in [0.5, 0.6) is 11.5 Å². The average molecular weight is 275 g/mol. The van der Waals surface area contributed by atoms with Crippen LogP contribution in [-0.2, 0) is 6.61 Å². The molecule has 0 aliphatic heterocycles. The van der Waals surface area contributed by atoms with Crippen molar-refractivity contribution < 1.29 is 13.9 Å². The highest BCUT2D eigenvalue weighted by Crippen LogP contribution is 2.24. The zero-order chi connectivity index (χ0) is 14.5. The van der Waals surface area contributed by atoms with Crippen LogP contribution in [0.25, 0.3) is 0 Å². The topological polar surface area (TPSA) is 31.4 Å². The van der Waals surface area contributed by atoms with Gasteiger partial charge in [0.15, 0.2) is 0 Å². The molecule has 20 heavy (non-hydrogen) atoms. The monoisotopic (exact) mass is 275 g/mol. The minimum absolute atomic E-state index is 0.123. The number of hydrogen-bond acceptors (Lipinski definition) is 3. The summed E-state index contributed by atoms with van der Waals surface area (Å²) in [6.07, 6.45) is 1.64. The second kappa shape index (κ2) is 6.37. The van der Waals surface area contributed by atoms with Gasteiger partial charge in [-0.3, -0.25) is 4.98 Å². The predicted octanol–water partition coefficient (Wildman–Crippen LogP) is 3.93. The normalized spacial score (nSPS) is 10.7. The quantitative estimate of drug-likeness (QED) is 0.828. The fraction of sp³-hybridized carbons (Fsp3) is 0.312. The van der Waals surface area contributed by atoms with Gasteiger partial charge >= 0.3 is 0 Å². The molecule has 0 atom stereocenters. The van der Waals surface area contributed by atoms with Crippen LogP contribution >= 0.6 is 0 Å². The van der Waals surface area contributed by atoms with Crippen molar-refractivity contribution in [2.24, 2.45) is 0 Å². The smallest absolute Gasteiger partial charge is 0.137 e. The van der Waals surface area contributed by atoms with Crippen molar-refractivity contribution in [3.8, 4) is 11.5 Å². The number of benzene rings is 1. The van der Waals surface area contributed by atoms with Crippen LogP contribution < -0.4 is 9.47 Å². The fourth-order valence-corrected chi connectivity index (χ4v) is 1.83. The number of hydrogen-bond donors (Lipinski definition) is 0. The van der Waals surface area contributed by atoms with E-state index < -0.39 is 0 Å². The second-order valence-corrected chi connectivity index (χ2v) is 4.82. The molecule has 0 saturated heterocycles. The Kier molecular flexibility index (Phi) is 4.56. The molecule has 0 aliphatic rings. The molecule has 0 aliphatic carbocycles. The Morgan fingerprint density at radius 2 is 1.90 bits per heavy atom. The largest absolute Gasteiger partial charge is 0.495 e. The van der Waals surface area contributed by atoms with E-state index in [9.17, 15) is 4.39 Å². The third kappa shape index (κ3) is 3.47. The summed E-state index contributed by atoms with van der Waals surface area (Å²) in [6.45, 7) is 4.24. The minimum atomic E-state index is -0.199. The fourth-order valence-electron chi connectivity index (χ4n) is 1.83. The Bertz CT molecular complexity index is 567. The van der Waals surface area contributed by atoms with Gasteiger partial charge in [-0.15, -0.1) is 0 Å². The van der Waals surface area contributed by atoms with E-state index in [0.717, 1.165) is 5.69 Å². The summed E-state index contributed by atoms with van der Waals surface area (Å²) in [6, 6.07) is 8.47. The van der Waals surface area contributed by atoms with Gasteiger partial charge in [0.05, 0.1) is 19.0 Å². The Labute approximate surface area is 118 Å². The number of ether oxygens (including phenoxy) is 2. The highest BCUT2D eigenvalue weighted by atomic mass is 19.1. The molecule has 0 bridgehead atoms. The first-order valence-corrected chi connectivity index (χ1v) is 6.51. The van der Waals surface area contributed by atoms with E-state index in [1.54, 1.807) is 25.4 Å². The van der Waals surface area contributed by atoms with Crippen LogP contribution in [0, 0.1) is 5.82 Å². The van der Waals surface area contributed by atoms with Crippen LogP contribution in [0.3, 0.4) is 0 Å². The summed E-state index contributed by atoms with van der Waals surface area (Å²) in [7, 11) is 1.60. The van der Waals surface area contributed by atoms with Crippen molar-refractivity contribution in [2.45, 2.75) is 26.4 Å². The number of aromatic nitrogens is 1. The first-order chi connectivity index (χ1) is 9.60. The van der Waals surface area contributed by atoms with E-state index in [0.29, 0.717) is 23.7 Å². The standard InChI is InChI=1S/C16H18FNO2/c1-11(2)15-8-13(6-7-16(15)17)20-10-12-4-5-14(19-3)9-18-12/h4-9,11H,10H2,1-3H3. The Morgan fingerprint density at radius 1 is 1.15 bits per heavy atom. The van der Waals surface area contributed by atoms with Crippen molar-refractivity contribution in [3.05, 3.63) is 53.6 Å². The zero-order valence-electron chi connectivity index (χ0n) is 11.9. The minimum Gasteiger partial charge on any atom is -0.495 e. The second-order valence-electron chi connectivity index (χ2n) is 4.82. The number of pyridine rings is 1. The van der Waals surface area contributed by atoms with E-state index in [2.05, 4.69) is 4.98 Å². The number of nitrogens with zero attached hydrogens (tertiary/aromatic N) is 1. The van der Waals surface area contributed by atoms with Crippen molar-refractivity contribution in [2.75, 3.05) is 7.11 Å². The average Bonchev–Trinajstić information content (AvgIpc) is 2.46. The lowest BCUT2D eigenvalue weighted by molar-refractivity contribution is 0.299. The molecule has 3 nitrogen and oxygen atoms in total. The molecular weight excluding hydrogens is 257 g/mol. The van der Waals surface area contributed by atoms with Crippen molar-refractivity contribution in [1.82, 2.24) is 4.98 Å². The lowest BCUT2D eigenvalue weighted by Crippen LogP contribution is -2.00. The molecule has 1 aromatic heterocycles. The Hall–Kier alpha value is -2.10. The maximum Gasteiger partial charge on any atom is 0.137 e. The first-order valence-electron chi connectivity index (χ1n) is 6.51. The molecule has 0 fully saturated rings. The van der Waals surface area contributed by atoms with Gasteiger partial charge < -0.3 is 9.47 Å². The molecule has 106 valence electrons. The summed E-state index contributed by atoms with van der Waals surface area (Å²) < 4.78 is 24.3. The molecule has 1 heterocycles. The number of rotatable bonds is 5. The van der Waals surface area contributed by atoms with Crippen LogP contribution in [0.2, 0.25) is 0 Å². The summed E-state index contributed by atoms with van der Waals surface area (Å²) in [5.74, 6) is 1.28. The predicted molar refractivity (Wildman–Crippen MR) is 75.6 cm³/mol. The van der Waals surface area contributed by atoms with Crippen LogP contribution in [0.15, 0.2) is 36.5 Å². The summed E-state index contributed by atoms with van der Waals surface area (Å²) in [4.78, 5) is 4.22. The molecule has 0 unspecified atom stereocenters. The van der Waals surface area contributed by atoms with Crippen molar-refractivity contribution >= 4 is 0 Å². The molecule has 0 saturated carbocycles. The molecule has 0 spiro atoms. The van der Waals surface area contributed by atoms with Crippen molar-refractivity contribution in [3.63, 3.8) is 0 Å². The van der Waals surface area contributed by atoms with E-state index in [1.807, 2.05) is 26.0 Å². The van der Waals surface area contributed by atoms with Crippen LogP contribution in [0.4, 0.5) is 4.39 Å². The van der Waals surface area contributed by atoms with Gasteiger partial charge in [0.25, 0.3) is 0 Å². The summed E-state index contributed by atoms with van der Waals surface area (Å²) in [5.41, 5.74) is 1.45. The van der Waals surface area contributed by atoms with Gasteiger partial charge in [0, 0.05) is 0 Å². The third-order valence-electron chi connectivity index (χ3n) is 3.01. The molecule has 4 heteroatoms. The first kappa shape index (κ1) is 14.3. The molecule has 2 aromatic rings. The van der Waals surface area contributed by atoms with Gasteiger partial charge in [-0.25, -0.2) is 4.39 Å².